The zero-order valence-electron chi connectivity index (χ0n) is 18.3. The molecule has 0 fully saturated rings. The van der Waals surface area contributed by atoms with Crippen LogP contribution < -0.4 is 15.2 Å². The summed E-state index contributed by atoms with van der Waals surface area (Å²) in [5, 5.41) is 0. The van der Waals surface area contributed by atoms with E-state index >= 15 is 0 Å². The minimum absolute atomic E-state index is 0.0888. The van der Waals surface area contributed by atoms with Crippen LogP contribution in [0, 0.1) is 0 Å². The molecule has 0 saturated carbocycles. The maximum Gasteiger partial charge on any atom is 0.513 e. The van der Waals surface area contributed by atoms with E-state index in [4.69, 9.17) is 29.4 Å². The lowest BCUT2D eigenvalue weighted by Gasteiger charge is -2.26. The molecule has 1 aromatic rings. The minimum atomic E-state index is -1.59. The SMILES string of the molecule is CCCOC(=O)OCC[C@@](N)(Cc1ccc(OC(=O)OC)c(OC(=O)OC)c1)C(=O)OC. The summed E-state index contributed by atoms with van der Waals surface area (Å²) in [4.78, 5) is 46.8. The van der Waals surface area contributed by atoms with Crippen LogP contribution in [0.15, 0.2) is 18.2 Å². The van der Waals surface area contributed by atoms with Crippen molar-refractivity contribution in [2.75, 3.05) is 34.5 Å². The summed E-state index contributed by atoms with van der Waals surface area (Å²) < 4.78 is 33.3. The highest BCUT2D eigenvalue weighted by molar-refractivity contribution is 5.81. The van der Waals surface area contributed by atoms with Crippen LogP contribution >= 0.6 is 0 Å². The summed E-state index contributed by atoms with van der Waals surface area (Å²) in [6.45, 7) is 1.82. The number of hydrogen-bond acceptors (Lipinski definition) is 12. The molecular weight excluding hydrogens is 430 g/mol. The summed E-state index contributed by atoms with van der Waals surface area (Å²) >= 11 is 0. The number of methoxy groups -OCH3 is 3. The van der Waals surface area contributed by atoms with Gasteiger partial charge in [0.25, 0.3) is 0 Å². The molecule has 0 radical (unpaired) electrons. The van der Waals surface area contributed by atoms with Gasteiger partial charge >= 0.3 is 24.4 Å². The molecule has 0 aromatic heterocycles. The van der Waals surface area contributed by atoms with Gasteiger partial charge in [-0.2, -0.15) is 0 Å². The van der Waals surface area contributed by atoms with Gasteiger partial charge in [-0.25, -0.2) is 14.4 Å². The second-order valence-corrected chi connectivity index (χ2v) is 6.41. The third-order valence-corrected chi connectivity index (χ3v) is 4.03. The van der Waals surface area contributed by atoms with Crippen molar-refractivity contribution in [1.29, 1.82) is 0 Å². The number of nitrogens with two attached hydrogens (primary N) is 1. The van der Waals surface area contributed by atoms with Crippen LogP contribution in [0.5, 0.6) is 11.5 Å². The highest BCUT2D eigenvalue weighted by Crippen LogP contribution is 2.31. The van der Waals surface area contributed by atoms with Gasteiger partial charge in [0.2, 0.25) is 0 Å². The Bertz CT molecular complexity index is 811. The molecule has 0 bridgehead atoms. The van der Waals surface area contributed by atoms with Crippen LogP contribution in [0.2, 0.25) is 0 Å². The van der Waals surface area contributed by atoms with Crippen LogP contribution in [0.1, 0.15) is 25.3 Å². The fourth-order valence-corrected chi connectivity index (χ4v) is 2.46. The largest absolute Gasteiger partial charge is 0.513 e. The zero-order valence-corrected chi connectivity index (χ0v) is 18.3. The first kappa shape index (κ1) is 26.5. The van der Waals surface area contributed by atoms with Gasteiger partial charge in [-0.3, -0.25) is 4.79 Å². The second kappa shape index (κ2) is 13.0. The van der Waals surface area contributed by atoms with E-state index in [1.54, 1.807) is 0 Å². The van der Waals surface area contributed by atoms with Gasteiger partial charge in [-0.1, -0.05) is 13.0 Å². The Hall–Kier alpha value is -3.54. The van der Waals surface area contributed by atoms with Gasteiger partial charge in [0.15, 0.2) is 11.5 Å². The molecule has 178 valence electrons. The number of hydrogen-bond donors (Lipinski definition) is 1. The van der Waals surface area contributed by atoms with Gasteiger partial charge in [0, 0.05) is 12.8 Å². The summed E-state index contributed by atoms with van der Waals surface area (Å²) in [5.74, 6) is -1.06. The Morgan fingerprint density at radius 2 is 1.44 bits per heavy atom. The average molecular weight is 457 g/mol. The van der Waals surface area contributed by atoms with E-state index in [1.807, 2.05) is 6.92 Å². The molecule has 0 saturated heterocycles. The predicted molar refractivity (Wildman–Crippen MR) is 107 cm³/mol. The molecule has 12 heteroatoms. The Kier molecular flexibility index (Phi) is 10.8. The van der Waals surface area contributed by atoms with Crippen molar-refractivity contribution < 1.29 is 52.3 Å². The van der Waals surface area contributed by atoms with E-state index in [1.165, 1.54) is 25.3 Å². The van der Waals surface area contributed by atoms with Crippen molar-refractivity contribution in [2.24, 2.45) is 5.73 Å². The maximum absolute atomic E-state index is 12.3. The highest BCUT2D eigenvalue weighted by Gasteiger charge is 2.36. The van der Waals surface area contributed by atoms with Gasteiger partial charge in [0.05, 0.1) is 34.5 Å². The molecule has 12 nitrogen and oxygen atoms in total. The summed E-state index contributed by atoms with van der Waals surface area (Å²) in [6, 6.07) is 4.14. The monoisotopic (exact) mass is 457 g/mol. The average Bonchev–Trinajstić information content (AvgIpc) is 2.78. The maximum atomic E-state index is 12.3. The fourth-order valence-electron chi connectivity index (χ4n) is 2.46. The third-order valence-electron chi connectivity index (χ3n) is 4.03. The van der Waals surface area contributed by atoms with Crippen LogP contribution in [-0.4, -0.2) is 64.5 Å². The van der Waals surface area contributed by atoms with Crippen molar-refractivity contribution in [3.8, 4) is 11.5 Å². The second-order valence-electron chi connectivity index (χ2n) is 6.41. The lowest BCUT2D eigenvalue weighted by Crippen LogP contribution is -2.51. The summed E-state index contributed by atoms with van der Waals surface area (Å²) in [5.41, 5.74) is 5.07. The standard InChI is InChI=1S/C20H27NO11/c1-5-9-29-19(25)30-10-8-20(21,16(22)26-2)12-13-6-7-14(31-17(23)27-3)15(11-13)32-18(24)28-4/h6-7,11H,5,8-10,12,21H2,1-4H3/t20-/m1/s1. The van der Waals surface area contributed by atoms with Crippen molar-refractivity contribution in [2.45, 2.75) is 31.7 Å². The van der Waals surface area contributed by atoms with E-state index in [9.17, 15) is 19.2 Å². The first-order chi connectivity index (χ1) is 15.2. The first-order valence-electron chi connectivity index (χ1n) is 9.50. The Labute approximate surface area is 184 Å². The zero-order chi connectivity index (χ0) is 24.1. The van der Waals surface area contributed by atoms with E-state index in [-0.39, 0.29) is 37.6 Å². The summed E-state index contributed by atoms with van der Waals surface area (Å²) in [6.07, 6.45) is -2.54. The molecule has 0 unspecified atom stereocenters. The quantitative estimate of drug-likeness (QED) is 0.311. The van der Waals surface area contributed by atoms with Crippen molar-refractivity contribution in [1.82, 2.24) is 0 Å². The Morgan fingerprint density at radius 3 is 2.00 bits per heavy atom. The van der Waals surface area contributed by atoms with E-state index in [0.29, 0.717) is 12.0 Å². The number of benzene rings is 1. The van der Waals surface area contributed by atoms with E-state index < -0.39 is 30.0 Å². The molecule has 0 aliphatic carbocycles. The Balaban J connectivity index is 3.05. The third kappa shape index (κ3) is 8.30. The van der Waals surface area contributed by atoms with E-state index in [0.717, 1.165) is 14.2 Å². The minimum Gasteiger partial charge on any atom is -0.468 e. The molecule has 1 atom stereocenters. The van der Waals surface area contributed by atoms with Crippen LogP contribution in [0.4, 0.5) is 14.4 Å². The molecule has 1 aromatic carbocycles. The van der Waals surface area contributed by atoms with Gasteiger partial charge in [-0.15, -0.1) is 0 Å². The van der Waals surface area contributed by atoms with E-state index in [2.05, 4.69) is 9.47 Å². The smallest absolute Gasteiger partial charge is 0.468 e. The molecule has 32 heavy (non-hydrogen) atoms. The van der Waals surface area contributed by atoms with Gasteiger partial charge < -0.3 is 38.9 Å². The molecular formula is C20H27NO11. The predicted octanol–water partition coefficient (Wildman–Crippen LogP) is 2.34. The van der Waals surface area contributed by atoms with Crippen molar-refractivity contribution in [3.63, 3.8) is 0 Å². The van der Waals surface area contributed by atoms with Crippen LogP contribution in [0.3, 0.4) is 0 Å². The number of carbonyl (C=O) groups excluding carboxylic acids is 4. The normalized spacial score (nSPS) is 12.0. The molecule has 2 N–H and O–H groups in total. The molecule has 0 aliphatic rings. The summed E-state index contributed by atoms with van der Waals surface area (Å²) in [7, 11) is 3.37. The lowest BCUT2D eigenvalue weighted by molar-refractivity contribution is -0.147. The highest BCUT2D eigenvalue weighted by atomic mass is 16.7. The molecule has 0 heterocycles. The fraction of sp³-hybridized carbons (Fsp3) is 0.500. The van der Waals surface area contributed by atoms with Gasteiger partial charge in [-0.05, 0) is 24.1 Å². The lowest BCUT2D eigenvalue weighted by atomic mass is 9.88. The molecule has 0 amide bonds. The molecule has 0 aliphatic heterocycles. The van der Waals surface area contributed by atoms with Crippen LogP contribution in [0.25, 0.3) is 0 Å². The number of esters is 1. The number of carbonyl (C=O) groups is 4. The Morgan fingerprint density at radius 1 is 0.844 bits per heavy atom. The van der Waals surface area contributed by atoms with Crippen molar-refractivity contribution in [3.05, 3.63) is 23.8 Å². The first-order valence-corrected chi connectivity index (χ1v) is 9.50. The topological polar surface area (TPSA) is 159 Å². The number of ether oxygens (including phenoxy) is 7. The van der Waals surface area contributed by atoms with Gasteiger partial charge in [0.1, 0.15) is 5.54 Å². The number of rotatable bonds is 10. The van der Waals surface area contributed by atoms with Crippen molar-refractivity contribution >= 4 is 24.4 Å². The molecule has 0 spiro atoms. The van der Waals surface area contributed by atoms with Crippen LogP contribution in [-0.2, 0) is 34.9 Å². The molecule has 1 rings (SSSR count).